The van der Waals surface area contributed by atoms with Crippen molar-refractivity contribution < 1.29 is 19.2 Å². The number of rotatable bonds is 9. The van der Waals surface area contributed by atoms with E-state index in [1.165, 1.54) is 0 Å². The Morgan fingerprint density at radius 2 is 1.62 bits per heavy atom. The Hall–Kier alpha value is -1.29. The summed E-state index contributed by atoms with van der Waals surface area (Å²) in [4.78, 5) is 44.8. The van der Waals surface area contributed by atoms with Crippen molar-refractivity contribution in [2.75, 3.05) is 13.1 Å². The minimum Gasteiger partial charge on any atom is -0.347 e. The van der Waals surface area contributed by atoms with Crippen LogP contribution in [0.25, 0.3) is 0 Å². The van der Waals surface area contributed by atoms with Gasteiger partial charge in [0.15, 0.2) is 5.78 Å². The van der Waals surface area contributed by atoms with E-state index in [0.29, 0.717) is 6.42 Å². The fraction of sp³-hybridized carbons (Fsp3) is 0.714. The van der Waals surface area contributed by atoms with Crippen molar-refractivity contribution in [2.24, 2.45) is 10.8 Å². The smallest absolute Gasteiger partial charge is 0.239 e. The van der Waals surface area contributed by atoms with E-state index in [1.54, 1.807) is 0 Å². The Balaban J connectivity index is 4.21. The maximum absolute atomic E-state index is 11.9. The maximum atomic E-state index is 11.9. The van der Waals surface area contributed by atoms with Crippen LogP contribution in [0.5, 0.6) is 0 Å². The van der Waals surface area contributed by atoms with Crippen LogP contribution in [0.1, 0.15) is 40.5 Å². The van der Waals surface area contributed by atoms with Crippen LogP contribution < -0.4 is 10.6 Å². The van der Waals surface area contributed by atoms with E-state index in [-0.39, 0.29) is 36.4 Å². The van der Waals surface area contributed by atoms with Gasteiger partial charge in [0.25, 0.3) is 0 Å². The van der Waals surface area contributed by atoms with E-state index in [9.17, 15) is 19.2 Å². The molecule has 120 valence electrons. The Labute approximate surface area is 128 Å². The molecule has 0 saturated heterocycles. The average Bonchev–Trinajstić information content (AvgIpc) is 2.31. The van der Waals surface area contributed by atoms with Gasteiger partial charge in [0.05, 0.1) is 13.1 Å². The zero-order valence-corrected chi connectivity index (χ0v) is 14.3. The first-order chi connectivity index (χ1) is 9.47. The quantitative estimate of drug-likeness (QED) is 0.495. The zero-order chi connectivity index (χ0) is 16.7. The van der Waals surface area contributed by atoms with Crippen molar-refractivity contribution in [1.82, 2.24) is 10.6 Å². The normalized spacial score (nSPS) is 11.7. The number of aldehydes is 1. The highest BCUT2D eigenvalue weighted by atomic mass is 31.0. The summed E-state index contributed by atoms with van der Waals surface area (Å²) in [5, 5.41) is 4.77. The molecule has 0 aromatic rings. The standard InChI is InChI=1S/C14H25N2O4P/c1-13(2,8-14(3,4)9-17)5-10(18)6-15-11(19)7-16-12(20)21/h9H,5-8,21H2,1-4H3,(H,15,19)(H,16,20). The molecule has 0 heterocycles. The molecule has 0 spiro atoms. The molecule has 0 aromatic carbocycles. The molecule has 2 N–H and O–H groups in total. The number of Topliss-reactive ketones (excluding diaryl/α,β-unsaturated/α-hetero) is 1. The number of nitrogens with one attached hydrogen (secondary N) is 2. The first-order valence-electron chi connectivity index (χ1n) is 6.75. The van der Waals surface area contributed by atoms with Gasteiger partial charge in [-0.05, 0) is 21.1 Å². The van der Waals surface area contributed by atoms with Crippen LogP contribution in [0.2, 0.25) is 0 Å². The van der Waals surface area contributed by atoms with E-state index in [1.807, 2.05) is 36.9 Å². The summed E-state index contributed by atoms with van der Waals surface area (Å²) in [5.41, 5.74) is -1.18. The fourth-order valence-electron chi connectivity index (χ4n) is 2.36. The number of ketones is 1. The van der Waals surface area contributed by atoms with Crippen LogP contribution in [0.4, 0.5) is 4.79 Å². The van der Waals surface area contributed by atoms with E-state index < -0.39 is 11.3 Å². The number of amides is 2. The highest BCUT2D eigenvalue weighted by Crippen LogP contribution is 2.34. The second kappa shape index (κ2) is 8.23. The van der Waals surface area contributed by atoms with Crippen LogP contribution >= 0.6 is 9.24 Å². The van der Waals surface area contributed by atoms with Crippen molar-refractivity contribution in [2.45, 2.75) is 40.5 Å². The van der Waals surface area contributed by atoms with Gasteiger partial charge in [0.1, 0.15) is 6.29 Å². The van der Waals surface area contributed by atoms with Gasteiger partial charge in [0.2, 0.25) is 11.6 Å². The van der Waals surface area contributed by atoms with Crippen molar-refractivity contribution in [3.63, 3.8) is 0 Å². The minimum atomic E-state index is -0.476. The summed E-state index contributed by atoms with van der Waals surface area (Å²) in [6.45, 7) is 7.28. The predicted molar refractivity (Wildman–Crippen MR) is 84.0 cm³/mol. The van der Waals surface area contributed by atoms with Crippen LogP contribution in [0, 0.1) is 10.8 Å². The Bertz CT molecular complexity index is 419. The molecule has 0 aliphatic heterocycles. The SMILES string of the molecule is CC(C)(C=O)CC(C)(C)CC(=O)CNC(=O)CNC(=O)P. The van der Waals surface area contributed by atoms with Crippen molar-refractivity contribution >= 4 is 32.9 Å². The maximum Gasteiger partial charge on any atom is 0.239 e. The summed E-state index contributed by atoms with van der Waals surface area (Å²) >= 11 is 0. The molecule has 0 radical (unpaired) electrons. The van der Waals surface area contributed by atoms with Gasteiger partial charge in [-0.2, -0.15) is 0 Å². The second-order valence-electron chi connectivity index (χ2n) is 6.66. The molecule has 0 bridgehead atoms. The van der Waals surface area contributed by atoms with Crippen molar-refractivity contribution in [3.8, 4) is 0 Å². The van der Waals surface area contributed by atoms with Gasteiger partial charge in [-0.3, -0.25) is 14.4 Å². The van der Waals surface area contributed by atoms with E-state index >= 15 is 0 Å². The van der Waals surface area contributed by atoms with Gasteiger partial charge in [-0.1, -0.05) is 27.7 Å². The lowest BCUT2D eigenvalue weighted by Crippen LogP contribution is -2.38. The number of hydrogen-bond acceptors (Lipinski definition) is 4. The number of carbonyl (C=O) groups is 4. The molecule has 0 aromatic heterocycles. The van der Waals surface area contributed by atoms with Crippen molar-refractivity contribution in [3.05, 3.63) is 0 Å². The highest BCUT2D eigenvalue weighted by molar-refractivity contribution is 7.39. The lowest BCUT2D eigenvalue weighted by molar-refractivity contribution is -0.126. The molecule has 0 aliphatic carbocycles. The molecular formula is C14H25N2O4P. The van der Waals surface area contributed by atoms with E-state index in [0.717, 1.165) is 6.29 Å². The number of hydrogen-bond donors (Lipinski definition) is 2. The summed E-state index contributed by atoms with van der Waals surface area (Å²) in [5.74, 6) is -0.516. The van der Waals surface area contributed by atoms with Gasteiger partial charge >= 0.3 is 0 Å². The van der Waals surface area contributed by atoms with Crippen LogP contribution in [-0.4, -0.2) is 36.7 Å². The summed E-state index contributed by atoms with van der Waals surface area (Å²) < 4.78 is 0. The predicted octanol–water partition coefficient (Wildman–Crippen LogP) is 1.29. The second-order valence-corrected chi connectivity index (χ2v) is 7.18. The Kier molecular flexibility index (Phi) is 7.72. The summed E-state index contributed by atoms with van der Waals surface area (Å²) in [7, 11) is 1.90. The monoisotopic (exact) mass is 316 g/mol. The van der Waals surface area contributed by atoms with E-state index in [2.05, 4.69) is 10.6 Å². The molecular weight excluding hydrogens is 291 g/mol. The largest absolute Gasteiger partial charge is 0.347 e. The van der Waals surface area contributed by atoms with Crippen LogP contribution in [0.3, 0.4) is 0 Å². The molecule has 6 nitrogen and oxygen atoms in total. The zero-order valence-electron chi connectivity index (χ0n) is 13.1. The summed E-state index contributed by atoms with van der Waals surface area (Å²) in [6.07, 6.45) is 1.76. The lowest BCUT2D eigenvalue weighted by atomic mass is 9.73. The number of carbonyl (C=O) groups excluding carboxylic acids is 4. The van der Waals surface area contributed by atoms with Gasteiger partial charge in [-0.25, -0.2) is 0 Å². The molecule has 0 rings (SSSR count). The minimum absolute atomic E-state index is 0.0729. The summed E-state index contributed by atoms with van der Waals surface area (Å²) in [6, 6.07) is 0. The van der Waals surface area contributed by atoms with Gasteiger partial charge in [0, 0.05) is 11.8 Å². The first kappa shape index (κ1) is 19.7. The first-order valence-corrected chi connectivity index (χ1v) is 7.33. The third-order valence-electron chi connectivity index (χ3n) is 2.83. The van der Waals surface area contributed by atoms with Crippen LogP contribution in [0.15, 0.2) is 0 Å². The Morgan fingerprint density at radius 1 is 1.05 bits per heavy atom. The molecule has 21 heavy (non-hydrogen) atoms. The molecule has 0 fully saturated rings. The van der Waals surface area contributed by atoms with Crippen LogP contribution in [-0.2, 0) is 14.4 Å². The fourth-order valence-corrected chi connectivity index (χ4v) is 2.46. The molecule has 0 aliphatic rings. The average molecular weight is 316 g/mol. The topological polar surface area (TPSA) is 92.3 Å². The van der Waals surface area contributed by atoms with Gasteiger partial charge < -0.3 is 15.4 Å². The third kappa shape index (κ3) is 10.1. The Morgan fingerprint density at radius 3 is 2.10 bits per heavy atom. The molecule has 1 atom stereocenters. The lowest BCUT2D eigenvalue weighted by Gasteiger charge is -2.30. The van der Waals surface area contributed by atoms with E-state index in [4.69, 9.17) is 0 Å². The molecule has 0 saturated carbocycles. The van der Waals surface area contributed by atoms with Gasteiger partial charge in [-0.15, -0.1) is 0 Å². The molecule has 1 unspecified atom stereocenters. The third-order valence-corrected chi connectivity index (χ3v) is 3.04. The molecule has 2 amide bonds. The van der Waals surface area contributed by atoms with Crippen molar-refractivity contribution in [1.29, 1.82) is 0 Å². The highest BCUT2D eigenvalue weighted by Gasteiger charge is 2.30. The molecule has 7 heteroatoms.